The molecule has 2 nitrogen and oxygen atoms in total. The Bertz CT molecular complexity index is 333. The molecule has 16 heavy (non-hydrogen) atoms. The van der Waals surface area contributed by atoms with E-state index in [1.54, 1.807) is 12.4 Å². The van der Waals surface area contributed by atoms with Crippen LogP contribution < -0.4 is 0 Å². The average molecular weight is 235 g/mol. The number of carbonyl (C=O) groups is 1. The van der Waals surface area contributed by atoms with Crippen molar-refractivity contribution >= 4 is 17.5 Å². The third-order valence-corrected chi connectivity index (χ3v) is 4.36. The highest BCUT2D eigenvalue weighted by Crippen LogP contribution is 2.29. The Kier molecular flexibility index (Phi) is 4.40. The molecule has 2 rings (SSSR count). The molecular formula is C13H17NOS. The van der Waals surface area contributed by atoms with Crippen LogP contribution in [0.25, 0.3) is 0 Å². The number of pyridine rings is 1. The molecule has 1 aromatic heterocycles. The van der Waals surface area contributed by atoms with Gasteiger partial charge in [0.2, 0.25) is 0 Å². The van der Waals surface area contributed by atoms with Gasteiger partial charge in [-0.2, -0.15) is 11.8 Å². The fourth-order valence-corrected chi connectivity index (χ4v) is 3.24. The maximum Gasteiger partial charge on any atom is 0.147 e. The molecule has 1 saturated carbocycles. The Hall–Kier alpha value is -0.830. The zero-order valence-corrected chi connectivity index (χ0v) is 10.2. The van der Waals surface area contributed by atoms with Crippen molar-refractivity contribution in [3.05, 3.63) is 30.1 Å². The van der Waals surface area contributed by atoms with E-state index in [1.807, 2.05) is 23.9 Å². The van der Waals surface area contributed by atoms with Crippen molar-refractivity contribution in [3.63, 3.8) is 0 Å². The predicted octanol–water partition coefficient (Wildman–Crippen LogP) is 2.87. The van der Waals surface area contributed by atoms with Gasteiger partial charge >= 0.3 is 0 Å². The Morgan fingerprint density at radius 1 is 1.31 bits per heavy atom. The highest BCUT2D eigenvalue weighted by molar-refractivity contribution is 8.00. The zero-order chi connectivity index (χ0) is 11.2. The Balaban J connectivity index is 1.72. The van der Waals surface area contributed by atoms with Crippen LogP contribution in [-0.2, 0) is 11.2 Å². The van der Waals surface area contributed by atoms with Crippen molar-refractivity contribution in [3.8, 4) is 0 Å². The van der Waals surface area contributed by atoms with Gasteiger partial charge in [0.05, 0.1) is 5.75 Å². The summed E-state index contributed by atoms with van der Waals surface area (Å²) >= 11 is 1.85. The summed E-state index contributed by atoms with van der Waals surface area (Å²) in [7, 11) is 0. The van der Waals surface area contributed by atoms with Crippen molar-refractivity contribution < 1.29 is 4.79 Å². The molecule has 0 saturated heterocycles. The molecule has 1 aliphatic rings. The first kappa shape index (κ1) is 11.6. The number of ketones is 1. The van der Waals surface area contributed by atoms with Gasteiger partial charge in [-0.3, -0.25) is 9.78 Å². The first-order chi connectivity index (χ1) is 7.84. The highest BCUT2D eigenvalue weighted by Gasteiger charge is 2.16. The molecular weight excluding hydrogens is 218 g/mol. The lowest BCUT2D eigenvalue weighted by Gasteiger charge is -2.07. The van der Waals surface area contributed by atoms with Crippen molar-refractivity contribution in [1.29, 1.82) is 0 Å². The minimum Gasteiger partial charge on any atom is -0.298 e. The van der Waals surface area contributed by atoms with E-state index in [2.05, 4.69) is 4.98 Å². The van der Waals surface area contributed by atoms with Crippen molar-refractivity contribution in [2.24, 2.45) is 0 Å². The van der Waals surface area contributed by atoms with Crippen LogP contribution in [0.3, 0.4) is 0 Å². The molecule has 0 unspecified atom stereocenters. The second-order valence-electron chi connectivity index (χ2n) is 4.29. The van der Waals surface area contributed by atoms with E-state index in [9.17, 15) is 4.79 Å². The summed E-state index contributed by atoms with van der Waals surface area (Å²) in [6.45, 7) is 0. The zero-order valence-electron chi connectivity index (χ0n) is 9.39. The van der Waals surface area contributed by atoms with E-state index in [-0.39, 0.29) is 0 Å². The summed E-state index contributed by atoms with van der Waals surface area (Å²) in [6, 6.07) is 3.83. The van der Waals surface area contributed by atoms with Crippen LogP contribution in [0.1, 0.15) is 31.2 Å². The van der Waals surface area contributed by atoms with Crippen LogP contribution in [0.15, 0.2) is 24.5 Å². The molecule has 0 bridgehead atoms. The summed E-state index contributed by atoms with van der Waals surface area (Å²) in [5, 5.41) is 0.737. The van der Waals surface area contributed by atoms with E-state index in [0.29, 0.717) is 18.0 Å². The summed E-state index contributed by atoms with van der Waals surface area (Å²) in [5.41, 5.74) is 1.08. The third-order valence-electron chi connectivity index (χ3n) is 2.93. The van der Waals surface area contributed by atoms with Gasteiger partial charge in [0.1, 0.15) is 5.78 Å². The average Bonchev–Trinajstić information content (AvgIpc) is 2.81. The maximum atomic E-state index is 11.7. The smallest absolute Gasteiger partial charge is 0.147 e. The molecule has 0 spiro atoms. The van der Waals surface area contributed by atoms with Crippen molar-refractivity contribution in [2.45, 2.75) is 37.4 Å². The van der Waals surface area contributed by atoms with Crippen LogP contribution in [0, 0.1) is 0 Å². The Labute approximate surface area is 101 Å². The van der Waals surface area contributed by atoms with E-state index >= 15 is 0 Å². The molecule has 0 aliphatic heterocycles. The number of nitrogens with zero attached hydrogens (tertiary/aromatic N) is 1. The van der Waals surface area contributed by atoms with Gasteiger partial charge in [-0.1, -0.05) is 12.8 Å². The van der Waals surface area contributed by atoms with Gasteiger partial charge in [-0.05, 0) is 30.5 Å². The second kappa shape index (κ2) is 6.04. The molecule has 86 valence electrons. The minimum atomic E-state index is 0.336. The number of thioether (sulfide) groups is 1. The first-order valence-electron chi connectivity index (χ1n) is 5.87. The quantitative estimate of drug-likeness (QED) is 0.786. The molecule has 0 radical (unpaired) electrons. The number of Topliss-reactive ketones (excluding diaryl/α,β-unsaturated/α-hetero) is 1. The number of hydrogen-bond donors (Lipinski definition) is 0. The van der Waals surface area contributed by atoms with Crippen LogP contribution in [-0.4, -0.2) is 21.8 Å². The lowest BCUT2D eigenvalue weighted by atomic mass is 10.1. The van der Waals surface area contributed by atoms with Crippen LogP contribution in [0.4, 0.5) is 0 Å². The van der Waals surface area contributed by atoms with Gasteiger partial charge in [0.15, 0.2) is 0 Å². The van der Waals surface area contributed by atoms with Crippen LogP contribution in [0.2, 0.25) is 0 Å². The van der Waals surface area contributed by atoms with Gasteiger partial charge < -0.3 is 0 Å². The van der Waals surface area contributed by atoms with Gasteiger partial charge in [0.25, 0.3) is 0 Å². The van der Waals surface area contributed by atoms with Crippen LogP contribution in [0.5, 0.6) is 0 Å². The second-order valence-corrected chi connectivity index (χ2v) is 5.58. The number of aromatic nitrogens is 1. The summed E-state index contributed by atoms with van der Waals surface area (Å²) in [6.07, 6.45) is 9.33. The highest BCUT2D eigenvalue weighted by atomic mass is 32.2. The molecule has 1 heterocycles. The molecule has 1 aliphatic carbocycles. The molecule has 3 heteroatoms. The number of hydrogen-bond acceptors (Lipinski definition) is 3. The lowest BCUT2D eigenvalue weighted by molar-refractivity contribution is -0.116. The predicted molar refractivity (Wildman–Crippen MR) is 67.7 cm³/mol. The lowest BCUT2D eigenvalue weighted by Crippen LogP contribution is -2.08. The monoisotopic (exact) mass is 235 g/mol. The fraction of sp³-hybridized carbons (Fsp3) is 0.538. The van der Waals surface area contributed by atoms with Crippen LogP contribution >= 0.6 is 11.8 Å². The van der Waals surface area contributed by atoms with Crippen molar-refractivity contribution in [1.82, 2.24) is 4.98 Å². The SMILES string of the molecule is O=C(CSC1CCCC1)Cc1ccncc1. The summed E-state index contributed by atoms with van der Waals surface area (Å²) in [4.78, 5) is 15.7. The fourth-order valence-electron chi connectivity index (χ4n) is 2.05. The number of carbonyl (C=O) groups excluding carboxylic acids is 1. The Morgan fingerprint density at radius 2 is 2.00 bits per heavy atom. The summed E-state index contributed by atoms with van der Waals surface area (Å²) in [5.74, 6) is 1.01. The third kappa shape index (κ3) is 3.63. The van der Waals surface area contributed by atoms with E-state index < -0.39 is 0 Å². The standard InChI is InChI=1S/C13H17NOS/c15-12(9-11-5-7-14-8-6-11)10-16-13-3-1-2-4-13/h5-8,13H,1-4,9-10H2. The van der Waals surface area contributed by atoms with Gasteiger partial charge in [-0.15, -0.1) is 0 Å². The maximum absolute atomic E-state index is 11.7. The minimum absolute atomic E-state index is 0.336. The topological polar surface area (TPSA) is 30.0 Å². The molecule has 0 amide bonds. The molecule has 1 aromatic rings. The number of rotatable bonds is 5. The van der Waals surface area contributed by atoms with Gasteiger partial charge in [-0.25, -0.2) is 0 Å². The van der Waals surface area contributed by atoms with E-state index in [4.69, 9.17) is 0 Å². The first-order valence-corrected chi connectivity index (χ1v) is 6.91. The normalized spacial score (nSPS) is 16.5. The summed E-state index contributed by atoms with van der Waals surface area (Å²) < 4.78 is 0. The van der Waals surface area contributed by atoms with Gasteiger partial charge in [0, 0.05) is 24.1 Å². The Morgan fingerprint density at radius 3 is 2.69 bits per heavy atom. The van der Waals surface area contributed by atoms with E-state index in [1.165, 1.54) is 25.7 Å². The largest absolute Gasteiger partial charge is 0.298 e. The molecule has 0 aromatic carbocycles. The molecule has 0 atom stereocenters. The molecule has 0 N–H and O–H groups in total. The van der Waals surface area contributed by atoms with Crippen molar-refractivity contribution in [2.75, 3.05) is 5.75 Å². The van der Waals surface area contributed by atoms with E-state index in [0.717, 1.165) is 10.8 Å². The molecule has 1 fully saturated rings.